The number of para-hydroxylation sites is 2. The summed E-state index contributed by atoms with van der Waals surface area (Å²) in [5, 5.41) is 16.0. The highest BCUT2D eigenvalue weighted by molar-refractivity contribution is 7.80. The summed E-state index contributed by atoms with van der Waals surface area (Å²) in [6.07, 6.45) is 0. The highest BCUT2D eigenvalue weighted by Gasteiger charge is 2.06. The van der Waals surface area contributed by atoms with Crippen molar-refractivity contribution in [2.24, 2.45) is 0 Å². The molecule has 3 N–H and O–H groups in total. The van der Waals surface area contributed by atoms with Crippen LogP contribution in [0.25, 0.3) is 0 Å². The lowest BCUT2D eigenvalue weighted by Crippen LogP contribution is -2.26. The molecule has 134 valence electrons. The Labute approximate surface area is 154 Å². The summed E-state index contributed by atoms with van der Waals surface area (Å²) in [5.41, 5.74) is 2.80. The Kier molecular flexibility index (Phi) is 7.50. The van der Waals surface area contributed by atoms with Gasteiger partial charge in [-0.2, -0.15) is 0 Å². The first-order valence-corrected chi connectivity index (χ1v) is 8.84. The van der Waals surface area contributed by atoms with E-state index in [4.69, 9.17) is 22.1 Å². The highest BCUT2D eigenvalue weighted by Crippen LogP contribution is 2.24. The van der Waals surface area contributed by atoms with Crippen molar-refractivity contribution in [3.63, 3.8) is 0 Å². The van der Waals surface area contributed by atoms with Crippen LogP contribution in [0.3, 0.4) is 0 Å². The SMILES string of the molecule is CCOc1ccccc1NC(=S)Nc1ccc(N(CC)CCO)cc1. The monoisotopic (exact) mass is 359 g/mol. The molecule has 25 heavy (non-hydrogen) atoms. The molecule has 0 aromatic heterocycles. The molecule has 0 aliphatic heterocycles. The first kappa shape index (κ1) is 19.0. The third-order valence-corrected chi connectivity index (χ3v) is 3.88. The van der Waals surface area contributed by atoms with E-state index in [0.717, 1.165) is 29.4 Å². The quantitative estimate of drug-likeness (QED) is 0.625. The zero-order valence-electron chi connectivity index (χ0n) is 14.7. The van der Waals surface area contributed by atoms with E-state index in [9.17, 15) is 0 Å². The molecule has 0 fully saturated rings. The average molecular weight is 359 g/mol. The number of hydrogen-bond donors (Lipinski definition) is 3. The van der Waals surface area contributed by atoms with E-state index in [1.165, 1.54) is 0 Å². The molecule has 0 heterocycles. The fourth-order valence-electron chi connectivity index (χ4n) is 2.48. The van der Waals surface area contributed by atoms with Crippen LogP contribution in [-0.2, 0) is 0 Å². The minimum Gasteiger partial charge on any atom is -0.492 e. The molecule has 0 atom stereocenters. The van der Waals surface area contributed by atoms with Gasteiger partial charge < -0.3 is 25.4 Å². The van der Waals surface area contributed by atoms with Gasteiger partial charge in [-0.1, -0.05) is 12.1 Å². The second-order valence-electron chi connectivity index (χ2n) is 5.36. The van der Waals surface area contributed by atoms with E-state index in [-0.39, 0.29) is 6.61 Å². The first-order chi connectivity index (χ1) is 12.2. The number of likely N-dealkylation sites (N-methyl/N-ethyl adjacent to an activating group) is 1. The molecule has 2 rings (SSSR count). The van der Waals surface area contributed by atoms with E-state index in [1.807, 2.05) is 55.5 Å². The van der Waals surface area contributed by atoms with Crippen molar-refractivity contribution in [2.75, 3.05) is 41.8 Å². The van der Waals surface area contributed by atoms with Crippen LogP contribution in [-0.4, -0.2) is 36.5 Å². The van der Waals surface area contributed by atoms with Crippen molar-refractivity contribution in [1.82, 2.24) is 0 Å². The predicted octanol–water partition coefficient (Wildman–Crippen LogP) is 3.71. The molecule has 2 aromatic carbocycles. The molecule has 2 aromatic rings. The van der Waals surface area contributed by atoms with E-state index in [1.54, 1.807) is 0 Å². The Morgan fingerprint density at radius 3 is 2.44 bits per heavy atom. The van der Waals surface area contributed by atoms with Crippen molar-refractivity contribution in [2.45, 2.75) is 13.8 Å². The minimum atomic E-state index is 0.140. The number of anilines is 3. The standard InChI is InChI=1S/C19H25N3O2S/c1-3-22(13-14-23)16-11-9-15(10-12-16)20-19(25)21-17-7-5-6-8-18(17)24-4-2/h5-12,23H,3-4,13-14H2,1-2H3,(H2,20,21,25). The van der Waals surface area contributed by atoms with E-state index < -0.39 is 0 Å². The van der Waals surface area contributed by atoms with Crippen molar-refractivity contribution >= 4 is 34.4 Å². The maximum Gasteiger partial charge on any atom is 0.175 e. The summed E-state index contributed by atoms with van der Waals surface area (Å²) in [6.45, 7) is 6.23. The molecule has 0 saturated carbocycles. The summed E-state index contributed by atoms with van der Waals surface area (Å²) in [6, 6.07) is 15.7. The molecular formula is C19H25N3O2S. The van der Waals surface area contributed by atoms with E-state index >= 15 is 0 Å². The molecule has 5 nitrogen and oxygen atoms in total. The van der Waals surface area contributed by atoms with Gasteiger partial charge >= 0.3 is 0 Å². The van der Waals surface area contributed by atoms with Crippen LogP contribution >= 0.6 is 12.2 Å². The molecule has 0 amide bonds. The summed E-state index contributed by atoms with van der Waals surface area (Å²) < 4.78 is 5.59. The second-order valence-corrected chi connectivity index (χ2v) is 5.77. The smallest absolute Gasteiger partial charge is 0.175 e. The largest absolute Gasteiger partial charge is 0.492 e. The van der Waals surface area contributed by atoms with Crippen molar-refractivity contribution in [3.8, 4) is 5.75 Å². The van der Waals surface area contributed by atoms with Crippen LogP contribution < -0.4 is 20.3 Å². The molecule has 0 aliphatic carbocycles. The van der Waals surface area contributed by atoms with Crippen molar-refractivity contribution in [1.29, 1.82) is 0 Å². The van der Waals surface area contributed by atoms with Crippen molar-refractivity contribution < 1.29 is 9.84 Å². The van der Waals surface area contributed by atoms with Crippen LogP contribution in [0.15, 0.2) is 48.5 Å². The lowest BCUT2D eigenvalue weighted by Gasteiger charge is -2.22. The Bertz CT molecular complexity index is 677. The number of hydrogen-bond acceptors (Lipinski definition) is 4. The van der Waals surface area contributed by atoms with Gasteiger partial charge in [-0.3, -0.25) is 0 Å². The molecular weight excluding hydrogens is 334 g/mol. The molecule has 0 saturated heterocycles. The van der Waals surface area contributed by atoms with Gasteiger partial charge in [0.25, 0.3) is 0 Å². The second kappa shape index (κ2) is 9.86. The first-order valence-electron chi connectivity index (χ1n) is 8.43. The molecule has 0 unspecified atom stereocenters. The number of thiocarbonyl (C=S) groups is 1. The third kappa shape index (κ3) is 5.62. The summed E-state index contributed by atoms with van der Waals surface area (Å²) >= 11 is 5.39. The lowest BCUT2D eigenvalue weighted by atomic mass is 10.2. The lowest BCUT2D eigenvalue weighted by molar-refractivity contribution is 0.302. The molecule has 6 heteroatoms. The van der Waals surface area contributed by atoms with Crippen LogP contribution in [0.1, 0.15) is 13.8 Å². The number of benzene rings is 2. The minimum absolute atomic E-state index is 0.140. The number of nitrogens with one attached hydrogen (secondary N) is 2. The van der Waals surface area contributed by atoms with Gasteiger partial charge in [-0.15, -0.1) is 0 Å². The zero-order chi connectivity index (χ0) is 18.1. The van der Waals surface area contributed by atoms with Gasteiger partial charge in [0.05, 0.1) is 18.9 Å². The molecule has 0 bridgehead atoms. The number of aliphatic hydroxyl groups is 1. The fourth-order valence-corrected chi connectivity index (χ4v) is 2.71. The van der Waals surface area contributed by atoms with E-state index in [0.29, 0.717) is 18.3 Å². The highest BCUT2D eigenvalue weighted by atomic mass is 32.1. The summed E-state index contributed by atoms with van der Waals surface area (Å²) in [5.74, 6) is 0.770. The molecule has 0 spiro atoms. The third-order valence-electron chi connectivity index (χ3n) is 3.68. The Hall–Kier alpha value is -2.31. The molecule has 0 radical (unpaired) electrons. The fraction of sp³-hybridized carbons (Fsp3) is 0.316. The number of aliphatic hydroxyl groups excluding tert-OH is 1. The molecule has 0 aliphatic rings. The number of nitrogens with zero attached hydrogens (tertiary/aromatic N) is 1. The topological polar surface area (TPSA) is 56.8 Å². The van der Waals surface area contributed by atoms with Gasteiger partial charge in [0.1, 0.15) is 5.75 Å². The summed E-state index contributed by atoms with van der Waals surface area (Å²) in [7, 11) is 0. The summed E-state index contributed by atoms with van der Waals surface area (Å²) in [4.78, 5) is 2.11. The van der Waals surface area contributed by atoms with Gasteiger partial charge in [-0.25, -0.2) is 0 Å². The van der Waals surface area contributed by atoms with Gasteiger partial charge in [0, 0.05) is 24.5 Å². The Morgan fingerprint density at radius 2 is 1.80 bits per heavy atom. The van der Waals surface area contributed by atoms with Crippen LogP contribution in [0, 0.1) is 0 Å². The number of ether oxygens (including phenoxy) is 1. The van der Waals surface area contributed by atoms with Gasteiger partial charge in [0.15, 0.2) is 5.11 Å². The maximum absolute atomic E-state index is 9.11. The van der Waals surface area contributed by atoms with Crippen LogP contribution in [0.2, 0.25) is 0 Å². The average Bonchev–Trinajstić information content (AvgIpc) is 2.62. The Balaban J connectivity index is 1.99. The zero-order valence-corrected chi connectivity index (χ0v) is 15.5. The predicted molar refractivity (Wildman–Crippen MR) is 109 cm³/mol. The number of rotatable bonds is 8. The van der Waals surface area contributed by atoms with Gasteiger partial charge in [0.2, 0.25) is 0 Å². The maximum atomic E-state index is 9.11. The van der Waals surface area contributed by atoms with Crippen LogP contribution in [0.4, 0.5) is 17.1 Å². The van der Waals surface area contributed by atoms with Gasteiger partial charge in [-0.05, 0) is 62.5 Å². The normalized spacial score (nSPS) is 10.2. The van der Waals surface area contributed by atoms with Crippen LogP contribution in [0.5, 0.6) is 5.75 Å². The van der Waals surface area contributed by atoms with E-state index in [2.05, 4.69) is 22.5 Å². The van der Waals surface area contributed by atoms with Crippen molar-refractivity contribution in [3.05, 3.63) is 48.5 Å². The Morgan fingerprint density at radius 1 is 1.08 bits per heavy atom.